The zero-order valence-corrected chi connectivity index (χ0v) is 14.2. The third-order valence-electron chi connectivity index (χ3n) is 4.05. The van der Waals surface area contributed by atoms with Gasteiger partial charge in [-0.05, 0) is 49.5 Å². The van der Waals surface area contributed by atoms with E-state index >= 15 is 0 Å². The minimum absolute atomic E-state index is 0. The van der Waals surface area contributed by atoms with Crippen molar-refractivity contribution in [1.29, 1.82) is 0 Å². The maximum atomic E-state index is 12.6. The summed E-state index contributed by atoms with van der Waals surface area (Å²) in [7, 11) is 0. The molecule has 0 bridgehead atoms. The Morgan fingerprint density at radius 2 is 2.00 bits per heavy atom. The van der Waals surface area contributed by atoms with Gasteiger partial charge in [0, 0.05) is 6.54 Å². The number of amides is 1. The Morgan fingerprint density at radius 3 is 2.62 bits per heavy atom. The van der Waals surface area contributed by atoms with Gasteiger partial charge in [-0.1, -0.05) is 13.0 Å². The molecule has 8 heteroatoms. The summed E-state index contributed by atoms with van der Waals surface area (Å²) in [5, 5.41) is 6.06. The smallest absolute Gasteiger partial charge is 0.416 e. The fourth-order valence-electron chi connectivity index (χ4n) is 2.48. The first-order valence-electron chi connectivity index (χ1n) is 7.56. The lowest BCUT2D eigenvalue weighted by molar-refractivity contribution is -0.137. The number of alkyl halides is 3. The number of hydrogen-bond acceptors (Lipinski definition) is 3. The maximum Gasteiger partial charge on any atom is 0.416 e. The molecule has 1 fully saturated rings. The molecule has 2 rings (SSSR count). The fraction of sp³-hybridized carbons (Fsp3) is 0.562. The summed E-state index contributed by atoms with van der Waals surface area (Å²) in [6, 6.07) is 4.51. The number of ether oxygens (including phenoxy) is 1. The van der Waals surface area contributed by atoms with Gasteiger partial charge in [-0.25, -0.2) is 0 Å². The zero-order valence-electron chi connectivity index (χ0n) is 13.4. The molecule has 1 aromatic rings. The van der Waals surface area contributed by atoms with Crippen molar-refractivity contribution < 1.29 is 22.7 Å². The molecule has 0 atom stereocenters. The molecule has 1 aromatic carbocycles. The van der Waals surface area contributed by atoms with Gasteiger partial charge < -0.3 is 15.4 Å². The molecule has 1 aliphatic heterocycles. The number of benzene rings is 1. The number of halogens is 4. The summed E-state index contributed by atoms with van der Waals surface area (Å²) in [5.74, 6) is -0.301. The van der Waals surface area contributed by atoms with Crippen molar-refractivity contribution in [2.75, 3.05) is 26.2 Å². The number of carbonyl (C=O) groups is 1. The predicted octanol–water partition coefficient (Wildman–Crippen LogP) is 3.01. The van der Waals surface area contributed by atoms with Gasteiger partial charge in [-0.3, -0.25) is 4.79 Å². The Kier molecular flexibility index (Phi) is 7.35. The lowest BCUT2D eigenvalue weighted by Gasteiger charge is -2.34. The van der Waals surface area contributed by atoms with Gasteiger partial charge in [0.1, 0.15) is 5.75 Å². The van der Waals surface area contributed by atoms with Gasteiger partial charge in [0.05, 0.1) is 5.56 Å². The summed E-state index contributed by atoms with van der Waals surface area (Å²) in [4.78, 5) is 11.8. The van der Waals surface area contributed by atoms with Gasteiger partial charge in [0.2, 0.25) is 0 Å². The molecule has 1 saturated heterocycles. The fourth-order valence-corrected chi connectivity index (χ4v) is 2.48. The molecule has 0 spiro atoms. The van der Waals surface area contributed by atoms with E-state index in [4.69, 9.17) is 4.74 Å². The lowest BCUT2D eigenvalue weighted by atomic mass is 9.81. The molecule has 0 radical (unpaired) electrons. The lowest BCUT2D eigenvalue weighted by Crippen LogP contribution is -2.43. The molecule has 0 saturated carbocycles. The molecule has 24 heavy (non-hydrogen) atoms. The summed E-state index contributed by atoms with van der Waals surface area (Å²) in [6.45, 7) is 4.21. The van der Waals surface area contributed by atoms with Gasteiger partial charge >= 0.3 is 6.18 Å². The van der Waals surface area contributed by atoms with E-state index in [1.807, 2.05) is 0 Å². The summed E-state index contributed by atoms with van der Waals surface area (Å²) < 4.78 is 42.9. The molecule has 0 aliphatic carbocycles. The van der Waals surface area contributed by atoms with Crippen LogP contribution in [0.3, 0.4) is 0 Å². The van der Waals surface area contributed by atoms with Gasteiger partial charge in [0.15, 0.2) is 6.61 Å². The van der Waals surface area contributed by atoms with E-state index in [9.17, 15) is 18.0 Å². The van der Waals surface area contributed by atoms with Crippen LogP contribution < -0.4 is 15.4 Å². The third kappa shape index (κ3) is 6.20. The summed E-state index contributed by atoms with van der Waals surface area (Å²) in [6.07, 6.45) is -2.48. The van der Waals surface area contributed by atoms with Crippen molar-refractivity contribution in [3.05, 3.63) is 29.8 Å². The van der Waals surface area contributed by atoms with Crippen molar-refractivity contribution in [2.24, 2.45) is 5.41 Å². The van der Waals surface area contributed by atoms with E-state index in [1.54, 1.807) is 0 Å². The average molecular weight is 367 g/mol. The molecule has 1 amide bonds. The van der Waals surface area contributed by atoms with Crippen molar-refractivity contribution in [1.82, 2.24) is 10.6 Å². The Balaban J connectivity index is 0.00000288. The van der Waals surface area contributed by atoms with Gasteiger partial charge in [-0.2, -0.15) is 13.2 Å². The Hall–Kier alpha value is -1.47. The Labute approximate surface area is 145 Å². The number of hydrogen-bond donors (Lipinski definition) is 2. The van der Waals surface area contributed by atoms with Crippen LogP contribution in [-0.4, -0.2) is 32.1 Å². The second-order valence-corrected chi connectivity index (χ2v) is 6.15. The van der Waals surface area contributed by atoms with Gasteiger partial charge in [0.25, 0.3) is 5.91 Å². The van der Waals surface area contributed by atoms with Crippen LogP contribution in [0.15, 0.2) is 24.3 Å². The first-order valence-corrected chi connectivity index (χ1v) is 7.56. The highest BCUT2D eigenvalue weighted by Gasteiger charge is 2.30. The third-order valence-corrected chi connectivity index (χ3v) is 4.05. The number of rotatable bonds is 5. The largest absolute Gasteiger partial charge is 0.484 e. The zero-order chi connectivity index (χ0) is 16.9. The molecule has 1 heterocycles. The average Bonchev–Trinajstić information content (AvgIpc) is 2.51. The number of carbonyl (C=O) groups excluding carboxylic acids is 1. The first kappa shape index (κ1) is 20.6. The van der Waals surface area contributed by atoms with E-state index < -0.39 is 11.7 Å². The van der Waals surface area contributed by atoms with Crippen molar-refractivity contribution >= 4 is 18.3 Å². The topological polar surface area (TPSA) is 50.4 Å². The molecule has 136 valence electrons. The second kappa shape index (κ2) is 8.58. The van der Waals surface area contributed by atoms with E-state index in [0.29, 0.717) is 6.54 Å². The van der Waals surface area contributed by atoms with Crippen LogP contribution in [0.2, 0.25) is 0 Å². The number of piperidine rings is 1. The van der Waals surface area contributed by atoms with Crippen LogP contribution in [0.4, 0.5) is 13.2 Å². The summed E-state index contributed by atoms with van der Waals surface area (Å²) in [5.41, 5.74) is -0.741. The van der Waals surface area contributed by atoms with E-state index in [-0.39, 0.29) is 36.1 Å². The number of nitrogens with one attached hydrogen (secondary N) is 2. The highest BCUT2D eigenvalue weighted by atomic mass is 35.5. The van der Waals surface area contributed by atoms with Crippen molar-refractivity contribution in [2.45, 2.75) is 25.9 Å². The van der Waals surface area contributed by atoms with Crippen LogP contribution in [-0.2, 0) is 11.0 Å². The van der Waals surface area contributed by atoms with E-state index in [1.165, 1.54) is 12.1 Å². The van der Waals surface area contributed by atoms with E-state index in [0.717, 1.165) is 38.1 Å². The quantitative estimate of drug-likeness (QED) is 0.842. The van der Waals surface area contributed by atoms with Crippen LogP contribution >= 0.6 is 12.4 Å². The van der Waals surface area contributed by atoms with Crippen LogP contribution in [0.5, 0.6) is 5.75 Å². The SMILES string of the molecule is CC1(CNC(=O)COc2cccc(C(F)(F)F)c2)CCNCC1.Cl. The highest BCUT2D eigenvalue weighted by Crippen LogP contribution is 2.31. The normalized spacial score (nSPS) is 16.8. The molecule has 2 N–H and O–H groups in total. The van der Waals surface area contributed by atoms with Crippen LogP contribution in [0.1, 0.15) is 25.3 Å². The monoisotopic (exact) mass is 366 g/mol. The molecule has 4 nitrogen and oxygen atoms in total. The minimum atomic E-state index is -4.43. The van der Waals surface area contributed by atoms with Crippen LogP contribution in [0, 0.1) is 5.41 Å². The van der Waals surface area contributed by atoms with Crippen molar-refractivity contribution in [3.8, 4) is 5.75 Å². The van der Waals surface area contributed by atoms with Crippen molar-refractivity contribution in [3.63, 3.8) is 0 Å². The van der Waals surface area contributed by atoms with E-state index in [2.05, 4.69) is 17.6 Å². The molecular formula is C16H22ClF3N2O2. The highest BCUT2D eigenvalue weighted by molar-refractivity contribution is 5.85. The van der Waals surface area contributed by atoms with Gasteiger partial charge in [-0.15, -0.1) is 12.4 Å². The standard InChI is InChI=1S/C16H21F3N2O2.ClH/c1-15(5-7-20-8-6-15)11-21-14(22)10-23-13-4-2-3-12(9-13)16(17,18)19;/h2-4,9,20H,5-8,10-11H2,1H3,(H,21,22);1H. The second-order valence-electron chi connectivity index (χ2n) is 6.15. The first-order chi connectivity index (χ1) is 10.8. The predicted molar refractivity (Wildman–Crippen MR) is 87.4 cm³/mol. The molecular weight excluding hydrogens is 345 g/mol. The molecule has 1 aliphatic rings. The molecule has 0 aromatic heterocycles. The van der Waals surface area contributed by atoms with Crippen LogP contribution in [0.25, 0.3) is 0 Å². The Morgan fingerprint density at radius 1 is 1.33 bits per heavy atom. The summed E-state index contributed by atoms with van der Waals surface area (Å²) >= 11 is 0. The Bertz CT molecular complexity index is 546. The maximum absolute atomic E-state index is 12.6. The minimum Gasteiger partial charge on any atom is -0.484 e. The molecule has 0 unspecified atom stereocenters.